The Hall–Kier alpha value is -9.76. The van der Waals surface area contributed by atoms with Gasteiger partial charge in [0, 0.05) is 16.2 Å². The van der Waals surface area contributed by atoms with Crippen molar-refractivity contribution in [3.8, 4) is 0 Å². The van der Waals surface area contributed by atoms with E-state index in [-0.39, 0.29) is 7.43 Å². The molecular weight excluding hydrogens is 1190 g/mol. The molecule has 0 spiro atoms. The van der Waals surface area contributed by atoms with Crippen molar-refractivity contribution in [3.63, 3.8) is 0 Å². The Labute approximate surface area is 544 Å². The molecule has 11 aromatic carbocycles. The number of halogens is 2. The SMILES string of the molecule is C.C(=C\c1ccc2ccccc2n1)/c1ccc(/C=C/c2ccc3ccccc3n2)cc1.ClP(Cc1ccc(CP(Cl)(c2ccccc2)(c2ccccc2)c2ccccc2)cc1)(c1ccccc1)(c1ccccc1)c1ccccc1.O=Cc1ccc2ccccc2n1. The van der Waals surface area contributed by atoms with Crippen LogP contribution < -0.4 is 31.8 Å². The van der Waals surface area contributed by atoms with Gasteiger partial charge in [0.05, 0.1) is 27.9 Å². The number of hydrogen-bond acceptors (Lipinski definition) is 4. The van der Waals surface area contributed by atoms with E-state index in [0.29, 0.717) is 18.0 Å². The van der Waals surface area contributed by atoms with Gasteiger partial charge >= 0.3 is 296 Å². The molecule has 0 aliphatic heterocycles. The van der Waals surface area contributed by atoms with Gasteiger partial charge in [0.15, 0.2) is 6.29 Å². The molecule has 8 heteroatoms. The number of carbonyl (C=O) groups excluding carboxylic acids is 1. The van der Waals surface area contributed by atoms with Crippen LogP contribution in [0.2, 0.25) is 0 Å². The van der Waals surface area contributed by atoms with Crippen molar-refractivity contribution in [2.45, 2.75) is 19.8 Å². The number of rotatable bonds is 15. The molecule has 14 aromatic rings. The number of para-hydroxylation sites is 3. The summed E-state index contributed by atoms with van der Waals surface area (Å²) in [4.78, 5) is 23.9. The van der Waals surface area contributed by atoms with Crippen molar-refractivity contribution in [2.24, 2.45) is 0 Å². The van der Waals surface area contributed by atoms with Gasteiger partial charge in [-0.2, -0.15) is 0 Å². The van der Waals surface area contributed by atoms with Gasteiger partial charge in [-0.15, -0.1) is 0 Å². The zero-order valence-corrected chi connectivity index (χ0v) is 52.8. The van der Waals surface area contributed by atoms with Crippen molar-refractivity contribution in [1.82, 2.24) is 15.0 Å². The maximum Gasteiger partial charge on any atom is 0.168 e. The third-order valence-electron chi connectivity index (χ3n) is 16.6. The average Bonchev–Trinajstić information content (AvgIpc) is 0.714. The molecule has 4 nitrogen and oxygen atoms in total. The van der Waals surface area contributed by atoms with E-state index < -0.39 is 11.9 Å². The molecule has 0 bridgehead atoms. The first-order chi connectivity index (χ1) is 44.2. The second-order valence-electron chi connectivity index (χ2n) is 22.2. The number of benzene rings is 11. The van der Waals surface area contributed by atoms with Crippen LogP contribution in [0.25, 0.3) is 57.0 Å². The summed E-state index contributed by atoms with van der Waals surface area (Å²) in [6.07, 6.45) is 10.4. The van der Waals surface area contributed by atoms with Gasteiger partial charge in [0.1, 0.15) is 5.69 Å². The van der Waals surface area contributed by atoms with Crippen LogP contribution in [0, 0.1) is 0 Å². The van der Waals surface area contributed by atoms with Gasteiger partial charge < -0.3 is 0 Å². The minimum Gasteiger partial charge on any atom is -0.296 e. The summed E-state index contributed by atoms with van der Waals surface area (Å²) >= 11 is 16.9. The van der Waals surface area contributed by atoms with Crippen LogP contribution in [0.5, 0.6) is 0 Å². The van der Waals surface area contributed by atoms with E-state index in [1.54, 1.807) is 6.07 Å². The maximum absolute atomic E-state index is 10.4. The molecule has 0 unspecified atom stereocenters. The monoisotopic (exact) mass is 1260 g/mol. The third-order valence-corrected chi connectivity index (χ3v) is 31.0. The zero-order valence-electron chi connectivity index (χ0n) is 49.5. The molecule has 446 valence electrons. The van der Waals surface area contributed by atoms with E-state index in [4.69, 9.17) is 22.5 Å². The molecule has 0 fully saturated rings. The smallest absolute Gasteiger partial charge is 0.168 e. The number of hydrogen-bond donors (Lipinski definition) is 0. The first kappa shape index (κ1) is 62.8. The fourth-order valence-electron chi connectivity index (χ4n) is 11.9. The topological polar surface area (TPSA) is 55.7 Å². The molecule has 3 aromatic heterocycles. The molecule has 0 radical (unpaired) electrons. The standard InChI is InChI=1S/C44H38Cl2P2.C28H20N2.C10H7NO.CH4/c45-47(39-19-7-1-8-20-39,40-21-9-2-10-22-40,41-23-11-3-12-24-41)35-37-31-33-38(34-32-37)36-48(46,42-25-13-4-14-26-42,43-27-15-5-16-28-43)44-29-17-6-18-30-44;1-3-7-27-23(5-1)15-19-25(29-27)17-13-21-9-11-22(12-10-21)14-18-26-20-16-24-6-2-4-8-28(24)30-26;12-7-9-6-5-8-3-1-2-4-10(8)11-9;/h1-34H,35-36H2;1-20H;1-7H;1H4/b;17-13+,18-14+;;. The van der Waals surface area contributed by atoms with Crippen LogP contribution in [0.1, 0.15) is 51.6 Å². The van der Waals surface area contributed by atoms with Crippen LogP contribution in [0.15, 0.2) is 340 Å². The first-order valence-corrected chi connectivity index (χ1v) is 36.7. The summed E-state index contributed by atoms with van der Waals surface area (Å²) in [5.74, 6) is -6.94. The number of nitrogens with zero attached hydrogens (tertiary/aromatic N) is 3. The summed E-state index contributed by atoms with van der Waals surface area (Å²) < 4.78 is 0. The van der Waals surface area contributed by atoms with E-state index in [1.807, 2.05) is 78.9 Å². The Kier molecular flexibility index (Phi) is 19.6. The van der Waals surface area contributed by atoms with Gasteiger partial charge in [0.25, 0.3) is 0 Å². The molecule has 0 atom stereocenters. The maximum atomic E-state index is 10.4. The summed E-state index contributed by atoms with van der Waals surface area (Å²) in [5.41, 5.74) is 9.96. The number of pyridine rings is 3. The zero-order chi connectivity index (χ0) is 61.5. The summed E-state index contributed by atoms with van der Waals surface area (Å²) in [6.45, 7) is 0. The molecular formula is C83H69Cl2N3OP2. The fraction of sp³-hybridized carbons (Fsp3) is 0.0361. The van der Waals surface area contributed by atoms with E-state index in [2.05, 4.69) is 294 Å². The van der Waals surface area contributed by atoms with Crippen molar-refractivity contribution >= 4 is 130 Å². The Morgan fingerprint density at radius 2 is 0.505 bits per heavy atom. The number of aromatic nitrogens is 3. The Morgan fingerprint density at radius 3 is 0.780 bits per heavy atom. The summed E-state index contributed by atoms with van der Waals surface area (Å²) in [6, 6.07) is 118. The summed E-state index contributed by atoms with van der Waals surface area (Å²) in [7, 11) is 0. The molecule has 0 N–H and O–H groups in total. The number of fused-ring (bicyclic) bond motifs is 3. The number of aldehydes is 1. The molecule has 0 saturated carbocycles. The predicted molar refractivity (Wildman–Crippen MR) is 397 cm³/mol. The Morgan fingerprint density at radius 1 is 0.264 bits per heavy atom. The minimum atomic E-state index is -3.47. The van der Waals surface area contributed by atoms with Crippen molar-refractivity contribution in [2.75, 3.05) is 0 Å². The van der Waals surface area contributed by atoms with E-state index in [0.717, 1.165) is 93.3 Å². The second kappa shape index (κ2) is 28.4. The van der Waals surface area contributed by atoms with E-state index in [1.165, 1.54) is 11.1 Å². The van der Waals surface area contributed by atoms with Crippen LogP contribution in [0.4, 0.5) is 0 Å². The molecule has 3 heterocycles. The van der Waals surface area contributed by atoms with Crippen LogP contribution in [-0.4, -0.2) is 21.2 Å². The summed E-state index contributed by atoms with van der Waals surface area (Å²) in [5, 5.41) is 10.3. The number of carbonyl (C=O) groups is 1. The molecule has 0 saturated heterocycles. The predicted octanol–water partition coefficient (Wildman–Crippen LogP) is 19.9. The van der Waals surface area contributed by atoms with Crippen LogP contribution >= 0.6 is 34.4 Å². The second-order valence-corrected chi connectivity index (χ2v) is 35.2. The Bertz CT molecular complexity index is 4310. The largest absolute Gasteiger partial charge is 0.296 e. The van der Waals surface area contributed by atoms with Gasteiger partial charge in [-0.05, 0) is 59.7 Å². The first-order valence-electron chi connectivity index (χ1n) is 30.0. The fourth-order valence-corrected chi connectivity index (χ4v) is 24.2. The van der Waals surface area contributed by atoms with E-state index in [9.17, 15) is 4.79 Å². The van der Waals surface area contributed by atoms with Gasteiger partial charge in [-0.25, -0.2) is 15.0 Å². The van der Waals surface area contributed by atoms with Crippen LogP contribution in [-0.2, 0) is 12.3 Å². The average molecular weight is 1260 g/mol. The normalized spacial score (nSPS) is 12.3. The molecule has 91 heavy (non-hydrogen) atoms. The van der Waals surface area contributed by atoms with Gasteiger partial charge in [-0.3, -0.25) is 4.79 Å². The van der Waals surface area contributed by atoms with E-state index >= 15 is 0 Å². The van der Waals surface area contributed by atoms with Crippen molar-refractivity contribution in [3.05, 3.63) is 379 Å². The molecule has 0 aliphatic carbocycles. The Balaban J connectivity index is 0.000000166. The van der Waals surface area contributed by atoms with Gasteiger partial charge in [0.2, 0.25) is 0 Å². The molecule has 0 amide bonds. The minimum absolute atomic E-state index is 0. The van der Waals surface area contributed by atoms with Crippen molar-refractivity contribution < 1.29 is 4.79 Å². The molecule has 0 aliphatic rings. The molecule has 14 rings (SSSR count). The van der Waals surface area contributed by atoms with Crippen molar-refractivity contribution in [1.29, 1.82) is 0 Å². The quantitative estimate of drug-likeness (QED) is 0.0758. The van der Waals surface area contributed by atoms with Crippen LogP contribution in [0.3, 0.4) is 0 Å². The van der Waals surface area contributed by atoms with Gasteiger partial charge in [-0.1, -0.05) is 117 Å². The third kappa shape index (κ3) is 13.6.